The molecule has 4 nitrogen and oxygen atoms in total. The van der Waals surface area contributed by atoms with Crippen LogP contribution in [0.15, 0.2) is 47.1 Å². The third-order valence-electron chi connectivity index (χ3n) is 3.28. The van der Waals surface area contributed by atoms with Crippen molar-refractivity contribution < 1.29 is 13.9 Å². The molecule has 0 spiro atoms. The van der Waals surface area contributed by atoms with Crippen molar-refractivity contribution in [1.29, 1.82) is 0 Å². The molecule has 0 aliphatic carbocycles. The maximum Gasteiger partial charge on any atom is 0.290 e. The molecule has 0 N–H and O–H groups in total. The van der Waals surface area contributed by atoms with Gasteiger partial charge in [-0.3, -0.25) is 4.79 Å². The van der Waals surface area contributed by atoms with Crippen molar-refractivity contribution >= 4 is 17.7 Å². The van der Waals surface area contributed by atoms with E-state index in [0.29, 0.717) is 5.76 Å². The molecule has 0 saturated carbocycles. The second kappa shape index (κ2) is 5.63. The predicted molar refractivity (Wildman–Crippen MR) is 77.9 cm³/mol. The van der Waals surface area contributed by atoms with Crippen LogP contribution in [-0.4, -0.2) is 30.2 Å². The van der Waals surface area contributed by atoms with Gasteiger partial charge in [0.15, 0.2) is 5.76 Å². The third kappa shape index (κ3) is 2.41. The molecule has 20 heavy (non-hydrogen) atoms. The highest BCUT2D eigenvalue weighted by molar-refractivity contribution is 7.99. The number of ether oxygens (including phenoxy) is 1. The Morgan fingerprint density at radius 1 is 1.35 bits per heavy atom. The van der Waals surface area contributed by atoms with E-state index in [1.165, 1.54) is 6.26 Å². The summed E-state index contributed by atoms with van der Waals surface area (Å²) in [5.41, 5.74) is 1.10. The highest BCUT2D eigenvalue weighted by atomic mass is 32.2. The fourth-order valence-corrected chi connectivity index (χ4v) is 3.52. The maximum atomic E-state index is 12.4. The Morgan fingerprint density at radius 3 is 2.80 bits per heavy atom. The largest absolute Gasteiger partial charge is 0.497 e. The van der Waals surface area contributed by atoms with Gasteiger partial charge in [-0.25, -0.2) is 0 Å². The molecule has 104 valence electrons. The summed E-state index contributed by atoms with van der Waals surface area (Å²) in [6.07, 6.45) is 1.53. The molecule has 1 aromatic carbocycles. The minimum Gasteiger partial charge on any atom is -0.497 e. The van der Waals surface area contributed by atoms with Crippen LogP contribution in [0.1, 0.15) is 21.5 Å². The normalized spacial score (nSPS) is 18.2. The van der Waals surface area contributed by atoms with E-state index < -0.39 is 0 Å². The van der Waals surface area contributed by atoms with Crippen molar-refractivity contribution in [3.8, 4) is 5.75 Å². The van der Waals surface area contributed by atoms with E-state index >= 15 is 0 Å². The number of amides is 1. The Hall–Kier alpha value is -1.88. The summed E-state index contributed by atoms with van der Waals surface area (Å²) < 4.78 is 10.4. The number of furan rings is 1. The minimum absolute atomic E-state index is 0.0403. The summed E-state index contributed by atoms with van der Waals surface area (Å²) >= 11 is 1.77. The van der Waals surface area contributed by atoms with E-state index in [0.717, 1.165) is 23.6 Å². The van der Waals surface area contributed by atoms with Crippen LogP contribution in [0.5, 0.6) is 5.75 Å². The molecule has 1 aliphatic heterocycles. The number of carbonyl (C=O) groups is 1. The van der Waals surface area contributed by atoms with Gasteiger partial charge in [-0.15, -0.1) is 11.8 Å². The zero-order valence-corrected chi connectivity index (χ0v) is 11.9. The Labute approximate surface area is 121 Å². The van der Waals surface area contributed by atoms with Crippen molar-refractivity contribution in [2.24, 2.45) is 0 Å². The Balaban J connectivity index is 1.83. The molecule has 2 aromatic rings. The van der Waals surface area contributed by atoms with Crippen LogP contribution in [0.4, 0.5) is 0 Å². The summed E-state index contributed by atoms with van der Waals surface area (Å²) in [5.74, 6) is 2.09. The van der Waals surface area contributed by atoms with Crippen molar-refractivity contribution in [3.63, 3.8) is 0 Å². The summed E-state index contributed by atoms with van der Waals surface area (Å²) in [5, 5.41) is 0.0403. The lowest BCUT2D eigenvalue weighted by Crippen LogP contribution is -2.30. The second-order valence-corrected chi connectivity index (χ2v) is 5.66. The van der Waals surface area contributed by atoms with Gasteiger partial charge in [0, 0.05) is 12.3 Å². The second-order valence-electron chi connectivity index (χ2n) is 4.47. The molecular formula is C15H15NO3S. The SMILES string of the molecule is COc1ccc([C@@H]2SCCN2C(=O)c2ccco2)cc1. The molecule has 0 radical (unpaired) electrons. The van der Waals surface area contributed by atoms with E-state index in [-0.39, 0.29) is 11.3 Å². The summed E-state index contributed by atoms with van der Waals surface area (Å²) in [6.45, 7) is 0.737. The number of methoxy groups -OCH3 is 1. The van der Waals surface area contributed by atoms with Gasteiger partial charge in [0.2, 0.25) is 0 Å². The molecular weight excluding hydrogens is 274 g/mol. The highest BCUT2D eigenvalue weighted by Crippen LogP contribution is 2.39. The minimum atomic E-state index is -0.0548. The molecule has 1 aromatic heterocycles. The molecule has 1 saturated heterocycles. The van der Waals surface area contributed by atoms with E-state index in [2.05, 4.69) is 0 Å². The van der Waals surface area contributed by atoms with Gasteiger partial charge in [-0.1, -0.05) is 12.1 Å². The number of rotatable bonds is 3. The van der Waals surface area contributed by atoms with Gasteiger partial charge in [0.05, 0.1) is 13.4 Å². The summed E-state index contributed by atoms with van der Waals surface area (Å²) in [4.78, 5) is 14.3. The lowest BCUT2D eigenvalue weighted by atomic mass is 10.2. The van der Waals surface area contributed by atoms with Gasteiger partial charge in [0.25, 0.3) is 5.91 Å². The third-order valence-corrected chi connectivity index (χ3v) is 4.55. The van der Waals surface area contributed by atoms with E-state index in [1.807, 2.05) is 29.2 Å². The lowest BCUT2D eigenvalue weighted by Gasteiger charge is -2.23. The molecule has 0 bridgehead atoms. The molecule has 2 heterocycles. The van der Waals surface area contributed by atoms with E-state index in [1.54, 1.807) is 31.0 Å². The number of benzene rings is 1. The van der Waals surface area contributed by atoms with Gasteiger partial charge < -0.3 is 14.1 Å². The number of nitrogens with zero attached hydrogens (tertiary/aromatic N) is 1. The van der Waals surface area contributed by atoms with Crippen molar-refractivity contribution in [2.45, 2.75) is 5.37 Å². The van der Waals surface area contributed by atoms with Crippen LogP contribution < -0.4 is 4.74 Å². The van der Waals surface area contributed by atoms with Crippen LogP contribution >= 0.6 is 11.8 Å². The quantitative estimate of drug-likeness (QED) is 0.870. The van der Waals surface area contributed by atoms with Crippen molar-refractivity contribution in [3.05, 3.63) is 54.0 Å². The van der Waals surface area contributed by atoms with E-state index in [4.69, 9.17) is 9.15 Å². The zero-order chi connectivity index (χ0) is 13.9. The number of carbonyl (C=O) groups excluding carboxylic acids is 1. The van der Waals surface area contributed by atoms with Crippen molar-refractivity contribution in [1.82, 2.24) is 4.90 Å². The van der Waals surface area contributed by atoms with Crippen LogP contribution in [0.2, 0.25) is 0 Å². The highest BCUT2D eigenvalue weighted by Gasteiger charge is 2.32. The number of thioether (sulfide) groups is 1. The zero-order valence-electron chi connectivity index (χ0n) is 11.1. The molecule has 3 rings (SSSR count). The van der Waals surface area contributed by atoms with Crippen LogP contribution in [-0.2, 0) is 0 Å². The monoisotopic (exact) mass is 289 g/mol. The molecule has 1 atom stereocenters. The molecule has 1 fully saturated rings. The Morgan fingerprint density at radius 2 is 2.15 bits per heavy atom. The smallest absolute Gasteiger partial charge is 0.290 e. The molecule has 5 heteroatoms. The summed E-state index contributed by atoms with van der Waals surface area (Å²) in [7, 11) is 1.64. The Kier molecular flexibility index (Phi) is 3.69. The Bertz CT molecular complexity index is 580. The first-order valence-electron chi connectivity index (χ1n) is 6.39. The van der Waals surface area contributed by atoms with Gasteiger partial charge in [-0.05, 0) is 29.8 Å². The maximum absolute atomic E-state index is 12.4. The first-order chi connectivity index (χ1) is 9.79. The fraction of sp³-hybridized carbons (Fsp3) is 0.267. The van der Waals surface area contributed by atoms with Gasteiger partial charge in [0.1, 0.15) is 11.1 Å². The topological polar surface area (TPSA) is 42.7 Å². The lowest BCUT2D eigenvalue weighted by molar-refractivity contribution is 0.0728. The fourth-order valence-electron chi connectivity index (χ4n) is 2.26. The summed E-state index contributed by atoms with van der Waals surface area (Å²) in [6, 6.07) is 11.3. The first kappa shape index (κ1) is 13.1. The standard InChI is InChI=1S/C15H15NO3S/c1-18-12-6-4-11(5-7-12)15-16(8-10-20-15)14(17)13-3-2-9-19-13/h2-7,9,15H,8,10H2,1H3/t15-/m0/s1. The van der Waals surface area contributed by atoms with Gasteiger partial charge >= 0.3 is 0 Å². The number of hydrogen-bond donors (Lipinski definition) is 0. The molecule has 1 amide bonds. The molecule has 0 unspecified atom stereocenters. The predicted octanol–water partition coefficient (Wildman–Crippen LogP) is 3.18. The number of hydrogen-bond acceptors (Lipinski definition) is 4. The molecule has 1 aliphatic rings. The first-order valence-corrected chi connectivity index (χ1v) is 7.44. The average Bonchev–Trinajstić information content (AvgIpc) is 3.18. The van der Waals surface area contributed by atoms with Gasteiger partial charge in [-0.2, -0.15) is 0 Å². The van der Waals surface area contributed by atoms with Crippen LogP contribution in [0.3, 0.4) is 0 Å². The van der Waals surface area contributed by atoms with Crippen LogP contribution in [0.25, 0.3) is 0 Å². The van der Waals surface area contributed by atoms with Crippen molar-refractivity contribution in [2.75, 3.05) is 19.4 Å². The van der Waals surface area contributed by atoms with Crippen LogP contribution in [0, 0.1) is 0 Å². The van der Waals surface area contributed by atoms with E-state index in [9.17, 15) is 4.79 Å². The average molecular weight is 289 g/mol.